The van der Waals surface area contributed by atoms with Crippen LogP contribution in [-0.4, -0.2) is 17.7 Å². The summed E-state index contributed by atoms with van der Waals surface area (Å²) in [5.41, 5.74) is 1.35. The first-order chi connectivity index (χ1) is 11.6. The van der Waals surface area contributed by atoms with Crippen molar-refractivity contribution in [2.24, 2.45) is 4.99 Å². The van der Waals surface area contributed by atoms with Gasteiger partial charge in [-0.1, -0.05) is 12.1 Å². The molecule has 1 fully saturated rings. The van der Waals surface area contributed by atoms with Gasteiger partial charge in [0.2, 0.25) is 0 Å². The third kappa shape index (κ3) is 4.02. The molecule has 2 aromatic carbocycles. The summed E-state index contributed by atoms with van der Waals surface area (Å²) in [6, 6.07) is 13.4. The number of nitrogens with one attached hydrogen (secondary N) is 1. The van der Waals surface area contributed by atoms with Crippen molar-refractivity contribution in [3.8, 4) is 5.75 Å². The zero-order chi connectivity index (χ0) is 16.9. The molecule has 2 aromatic rings. The van der Waals surface area contributed by atoms with Crippen LogP contribution in [-0.2, 0) is 4.79 Å². The van der Waals surface area contributed by atoms with Gasteiger partial charge in [-0.3, -0.25) is 4.79 Å². The molecule has 0 atom stereocenters. The molecule has 122 valence electrons. The zero-order valence-corrected chi connectivity index (χ0v) is 13.8. The van der Waals surface area contributed by atoms with E-state index in [4.69, 9.17) is 4.74 Å². The average molecular weight is 342 g/mol. The lowest BCUT2D eigenvalue weighted by Gasteiger charge is -2.02. The number of aliphatic imine (C=N–C) groups is 1. The van der Waals surface area contributed by atoms with Crippen LogP contribution < -0.4 is 10.1 Å². The first-order valence-corrected chi connectivity index (χ1v) is 8.24. The van der Waals surface area contributed by atoms with Crippen molar-refractivity contribution in [1.82, 2.24) is 5.32 Å². The van der Waals surface area contributed by atoms with Gasteiger partial charge in [-0.05, 0) is 66.7 Å². The van der Waals surface area contributed by atoms with Crippen molar-refractivity contribution in [3.05, 3.63) is 64.8 Å². The van der Waals surface area contributed by atoms with Gasteiger partial charge in [0.1, 0.15) is 11.6 Å². The molecule has 1 amide bonds. The van der Waals surface area contributed by atoms with Crippen molar-refractivity contribution in [2.45, 2.75) is 6.92 Å². The van der Waals surface area contributed by atoms with E-state index in [1.54, 1.807) is 18.2 Å². The smallest absolute Gasteiger partial charge is 0.264 e. The Morgan fingerprint density at radius 2 is 2.04 bits per heavy atom. The Hall–Kier alpha value is -2.60. The van der Waals surface area contributed by atoms with E-state index < -0.39 is 0 Å². The van der Waals surface area contributed by atoms with Crippen LogP contribution in [0.15, 0.2) is 58.4 Å². The molecule has 1 N–H and O–H groups in total. The molecular formula is C18H15FN2O2S. The fourth-order valence-corrected chi connectivity index (χ4v) is 2.97. The maximum atomic E-state index is 13.2. The minimum Gasteiger partial charge on any atom is -0.494 e. The lowest BCUT2D eigenvalue weighted by atomic mass is 10.2. The molecule has 1 aliphatic heterocycles. The second-order valence-electron chi connectivity index (χ2n) is 4.96. The Morgan fingerprint density at radius 1 is 1.25 bits per heavy atom. The Morgan fingerprint density at radius 3 is 2.75 bits per heavy atom. The van der Waals surface area contributed by atoms with Crippen LogP contribution in [0.1, 0.15) is 12.5 Å². The third-order valence-corrected chi connectivity index (χ3v) is 4.09. The zero-order valence-electron chi connectivity index (χ0n) is 13.0. The summed E-state index contributed by atoms with van der Waals surface area (Å²) in [5.74, 6) is 0.196. The van der Waals surface area contributed by atoms with E-state index in [9.17, 15) is 9.18 Å². The monoisotopic (exact) mass is 342 g/mol. The lowest BCUT2D eigenvalue weighted by Crippen LogP contribution is -2.19. The molecule has 1 aliphatic rings. The number of thioether (sulfide) groups is 1. The van der Waals surface area contributed by atoms with Gasteiger partial charge in [0.15, 0.2) is 5.17 Å². The van der Waals surface area contributed by atoms with E-state index in [2.05, 4.69) is 10.3 Å². The highest BCUT2D eigenvalue weighted by atomic mass is 32.2. The van der Waals surface area contributed by atoms with E-state index >= 15 is 0 Å². The molecule has 1 saturated heterocycles. The molecule has 0 radical (unpaired) electrons. The van der Waals surface area contributed by atoms with Gasteiger partial charge < -0.3 is 10.1 Å². The number of hydrogen-bond acceptors (Lipinski definition) is 4. The van der Waals surface area contributed by atoms with Crippen LogP contribution in [0.3, 0.4) is 0 Å². The second kappa shape index (κ2) is 7.31. The fraction of sp³-hybridized carbons (Fsp3) is 0.111. The number of benzene rings is 2. The Kier molecular flexibility index (Phi) is 4.96. The number of ether oxygens (including phenoxy) is 1. The summed E-state index contributed by atoms with van der Waals surface area (Å²) < 4.78 is 18.6. The molecule has 4 nitrogen and oxygen atoms in total. The first kappa shape index (κ1) is 16.3. The van der Waals surface area contributed by atoms with Crippen molar-refractivity contribution >= 4 is 34.6 Å². The largest absolute Gasteiger partial charge is 0.494 e. The van der Waals surface area contributed by atoms with Gasteiger partial charge in [0, 0.05) is 0 Å². The molecule has 0 spiro atoms. The second-order valence-corrected chi connectivity index (χ2v) is 5.99. The number of carbonyl (C=O) groups excluding carboxylic acids is 1. The summed E-state index contributed by atoms with van der Waals surface area (Å²) in [4.78, 5) is 16.9. The van der Waals surface area contributed by atoms with Gasteiger partial charge in [-0.25, -0.2) is 9.38 Å². The number of amides is 1. The van der Waals surface area contributed by atoms with Crippen LogP contribution in [0.25, 0.3) is 6.08 Å². The minimum atomic E-state index is -0.337. The highest BCUT2D eigenvalue weighted by molar-refractivity contribution is 8.18. The molecule has 1 heterocycles. The van der Waals surface area contributed by atoms with Crippen molar-refractivity contribution in [2.75, 3.05) is 6.61 Å². The van der Waals surface area contributed by atoms with Gasteiger partial charge in [0.25, 0.3) is 5.91 Å². The van der Waals surface area contributed by atoms with Crippen LogP contribution in [0, 0.1) is 5.82 Å². The maximum absolute atomic E-state index is 13.2. The maximum Gasteiger partial charge on any atom is 0.264 e. The molecule has 3 rings (SSSR count). The first-order valence-electron chi connectivity index (χ1n) is 7.42. The topological polar surface area (TPSA) is 50.7 Å². The average Bonchev–Trinajstić information content (AvgIpc) is 2.89. The lowest BCUT2D eigenvalue weighted by molar-refractivity contribution is -0.115. The summed E-state index contributed by atoms with van der Waals surface area (Å²) >= 11 is 1.23. The normalized spacial score (nSPS) is 17.3. The molecule has 24 heavy (non-hydrogen) atoms. The van der Waals surface area contributed by atoms with Crippen LogP contribution in [0.5, 0.6) is 5.75 Å². The van der Waals surface area contributed by atoms with Crippen LogP contribution >= 0.6 is 11.8 Å². The molecule has 0 saturated carbocycles. The molecule has 6 heteroatoms. The quantitative estimate of drug-likeness (QED) is 0.851. The van der Waals surface area contributed by atoms with E-state index in [1.165, 1.54) is 23.9 Å². The van der Waals surface area contributed by atoms with Crippen LogP contribution in [0.4, 0.5) is 10.1 Å². The summed E-state index contributed by atoms with van der Waals surface area (Å²) in [7, 11) is 0. The highest BCUT2D eigenvalue weighted by Gasteiger charge is 2.23. The molecule has 0 aromatic heterocycles. The number of nitrogens with zero attached hydrogens (tertiary/aromatic N) is 1. The Labute approximate surface area is 143 Å². The molecule has 0 unspecified atom stereocenters. The standard InChI is InChI=1S/C18H15FN2O2S/c1-2-23-15-8-6-14(7-9-15)20-18-21-17(22)16(24-18)11-12-4-3-5-13(19)10-12/h3-11H,2H2,1H3,(H,20,21,22). The van der Waals surface area contributed by atoms with Crippen molar-refractivity contribution in [1.29, 1.82) is 0 Å². The molecular weight excluding hydrogens is 327 g/mol. The van der Waals surface area contributed by atoms with Crippen LogP contribution in [0.2, 0.25) is 0 Å². The summed E-state index contributed by atoms with van der Waals surface area (Å²) in [5, 5.41) is 3.20. The number of carbonyl (C=O) groups is 1. The van der Waals surface area contributed by atoms with E-state index in [0.29, 0.717) is 27.9 Å². The summed E-state index contributed by atoms with van der Waals surface area (Å²) in [6.07, 6.45) is 1.64. The minimum absolute atomic E-state index is 0.242. The van der Waals surface area contributed by atoms with Gasteiger partial charge in [-0.15, -0.1) is 0 Å². The van der Waals surface area contributed by atoms with Gasteiger partial charge >= 0.3 is 0 Å². The number of rotatable bonds is 4. The molecule has 0 bridgehead atoms. The Bertz CT molecular complexity index is 816. The van der Waals surface area contributed by atoms with Gasteiger partial charge in [0.05, 0.1) is 17.2 Å². The van der Waals surface area contributed by atoms with E-state index in [-0.39, 0.29) is 11.7 Å². The fourth-order valence-electron chi connectivity index (χ4n) is 2.13. The third-order valence-electron chi connectivity index (χ3n) is 3.18. The highest BCUT2D eigenvalue weighted by Crippen LogP contribution is 2.28. The molecule has 0 aliphatic carbocycles. The Balaban J connectivity index is 1.76. The SMILES string of the molecule is CCOc1ccc(N=C2NC(=O)C(=Cc3cccc(F)c3)S2)cc1. The van der Waals surface area contributed by atoms with Gasteiger partial charge in [-0.2, -0.15) is 0 Å². The van der Waals surface area contributed by atoms with Crippen molar-refractivity contribution < 1.29 is 13.9 Å². The summed E-state index contributed by atoms with van der Waals surface area (Å²) in [6.45, 7) is 2.53. The predicted octanol–water partition coefficient (Wildman–Crippen LogP) is 4.12. The number of hydrogen-bond donors (Lipinski definition) is 1. The predicted molar refractivity (Wildman–Crippen MR) is 94.8 cm³/mol. The van der Waals surface area contributed by atoms with Crippen molar-refractivity contribution in [3.63, 3.8) is 0 Å². The number of halogens is 1. The van der Waals surface area contributed by atoms with E-state index in [1.807, 2.05) is 31.2 Å². The van der Waals surface area contributed by atoms with E-state index in [0.717, 1.165) is 5.75 Å². The number of amidine groups is 1.